The molecule has 0 bridgehead atoms. The van der Waals surface area contributed by atoms with E-state index in [0.29, 0.717) is 11.8 Å². The zero-order valence-electron chi connectivity index (χ0n) is 11.8. The van der Waals surface area contributed by atoms with Gasteiger partial charge in [0.05, 0.1) is 0 Å². The fraction of sp³-hybridized carbons (Fsp3) is 0.222. The fourth-order valence-electron chi connectivity index (χ4n) is 3.09. The van der Waals surface area contributed by atoms with Crippen LogP contribution < -0.4 is 5.73 Å². The maximum Gasteiger partial charge on any atom is 0.0483 e. The van der Waals surface area contributed by atoms with Crippen molar-refractivity contribution in [3.63, 3.8) is 0 Å². The second kappa shape index (κ2) is 5.24. The number of rotatable bonds is 3. The molecule has 0 saturated carbocycles. The Morgan fingerprint density at radius 2 is 2.05 bits per heavy atom. The van der Waals surface area contributed by atoms with E-state index in [1.165, 1.54) is 26.9 Å². The molecule has 0 fully saturated rings. The summed E-state index contributed by atoms with van der Waals surface area (Å²) in [5.74, 6) is 0. The Morgan fingerprint density at radius 3 is 2.90 bits per heavy atom. The standard InChI is InChI=1S/C18H18N2S/c19-11-13-5-6-14-7-8-20(17(14)9-13)12-16-10-15-3-1-2-4-18(15)21-16/h1-9,16H,10-12,19H2. The van der Waals surface area contributed by atoms with Crippen molar-refractivity contribution < 1.29 is 0 Å². The van der Waals surface area contributed by atoms with Crippen molar-refractivity contribution in [3.05, 3.63) is 65.9 Å². The van der Waals surface area contributed by atoms with Crippen molar-refractivity contribution in [2.75, 3.05) is 0 Å². The van der Waals surface area contributed by atoms with Crippen LogP contribution >= 0.6 is 11.8 Å². The lowest BCUT2D eigenvalue weighted by Crippen LogP contribution is -2.11. The molecule has 1 unspecified atom stereocenters. The third kappa shape index (κ3) is 2.37. The predicted octanol–water partition coefficient (Wildman–Crippen LogP) is 3.82. The van der Waals surface area contributed by atoms with Gasteiger partial charge < -0.3 is 10.3 Å². The van der Waals surface area contributed by atoms with Crippen LogP contribution in [0.2, 0.25) is 0 Å². The van der Waals surface area contributed by atoms with Crippen LogP contribution in [0.1, 0.15) is 11.1 Å². The van der Waals surface area contributed by atoms with E-state index in [0.717, 1.165) is 13.0 Å². The highest BCUT2D eigenvalue weighted by Crippen LogP contribution is 2.37. The van der Waals surface area contributed by atoms with Gasteiger partial charge in [-0.05, 0) is 41.1 Å². The Hall–Kier alpha value is -1.71. The SMILES string of the molecule is NCc1ccc2ccn(CC3Cc4ccccc4S3)c2c1. The van der Waals surface area contributed by atoms with E-state index in [2.05, 4.69) is 59.3 Å². The Bertz CT molecular complexity index is 766. The second-order valence-corrected chi connectivity index (χ2v) is 6.96. The van der Waals surface area contributed by atoms with Gasteiger partial charge in [-0.1, -0.05) is 30.3 Å². The van der Waals surface area contributed by atoms with Crippen LogP contribution in [-0.4, -0.2) is 9.82 Å². The summed E-state index contributed by atoms with van der Waals surface area (Å²) in [5, 5.41) is 1.92. The van der Waals surface area contributed by atoms with E-state index in [1.807, 2.05) is 11.8 Å². The molecule has 0 spiro atoms. The Morgan fingerprint density at radius 1 is 1.14 bits per heavy atom. The molecule has 0 saturated heterocycles. The highest BCUT2D eigenvalue weighted by atomic mass is 32.2. The van der Waals surface area contributed by atoms with Crippen LogP contribution in [0.5, 0.6) is 0 Å². The molecule has 2 heterocycles. The first-order valence-corrected chi connectivity index (χ1v) is 8.24. The molecule has 2 N–H and O–H groups in total. The number of nitrogens with two attached hydrogens (primary N) is 1. The zero-order valence-corrected chi connectivity index (χ0v) is 12.6. The van der Waals surface area contributed by atoms with E-state index in [1.54, 1.807) is 0 Å². The van der Waals surface area contributed by atoms with Crippen LogP contribution in [0.3, 0.4) is 0 Å². The molecule has 3 aromatic rings. The largest absolute Gasteiger partial charge is 0.346 e. The van der Waals surface area contributed by atoms with Gasteiger partial charge in [0.15, 0.2) is 0 Å². The van der Waals surface area contributed by atoms with Crippen molar-refractivity contribution >= 4 is 22.7 Å². The smallest absolute Gasteiger partial charge is 0.0483 e. The lowest BCUT2D eigenvalue weighted by Gasteiger charge is -2.11. The highest BCUT2D eigenvalue weighted by Gasteiger charge is 2.22. The number of nitrogens with zero attached hydrogens (tertiary/aromatic N) is 1. The van der Waals surface area contributed by atoms with E-state index in [9.17, 15) is 0 Å². The summed E-state index contributed by atoms with van der Waals surface area (Å²) in [7, 11) is 0. The normalized spacial score (nSPS) is 17.3. The van der Waals surface area contributed by atoms with Crippen molar-refractivity contribution in [1.29, 1.82) is 0 Å². The van der Waals surface area contributed by atoms with Crippen molar-refractivity contribution in [2.45, 2.75) is 29.7 Å². The Kier molecular flexibility index (Phi) is 3.24. The number of aromatic nitrogens is 1. The molecule has 0 aliphatic carbocycles. The summed E-state index contributed by atoms with van der Waals surface area (Å²) in [6.45, 7) is 1.65. The van der Waals surface area contributed by atoms with Gasteiger partial charge in [0.2, 0.25) is 0 Å². The third-order valence-electron chi connectivity index (χ3n) is 4.19. The van der Waals surface area contributed by atoms with Crippen molar-refractivity contribution in [3.8, 4) is 0 Å². The first kappa shape index (κ1) is 13.0. The summed E-state index contributed by atoms with van der Waals surface area (Å²) in [6, 6.07) is 17.5. The molecule has 106 valence electrons. The number of hydrogen-bond acceptors (Lipinski definition) is 2. The lowest BCUT2D eigenvalue weighted by molar-refractivity contribution is 0.685. The van der Waals surface area contributed by atoms with Gasteiger partial charge in [-0.3, -0.25) is 0 Å². The van der Waals surface area contributed by atoms with E-state index in [-0.39, 0.29) is 0 Å². The molecular weight excluding hydrogens is 276 g/mol. The van der Waals surface area contributed by atoms with Crippen LogP contribution in [0.4, 0.5) is 0 Å². The van der Waals surface area contributed by atoms with Crippen LogP contribution in [0.25, 0.3) is 10.9 Å². The van der Waals surface area contributed by atoms with Gasteiger partial charge >= 0.3 is 0 Å². The number of fused-ring (bicyclic) bond motifs is 2. The fourth-order valence-corrected chi connectivity index (χ4v) is 4.41. The first-order valence-electron chi connectivity index (χ1n) is 7.36. The Labute approximate surface area is 129 Å². The molecule has 1 atom stereocenters. The molecule has 1 aliphatic rings. The first-order chi connectivity index (χ1) is 10.3. The van der Waals surface area contributed by atoms with Crippen molar-refractivity contribution in [1.82, 2.24) is 4.57 Å². The molecule has 1 aromatic heterocycles. The van der Waals surface area contributed by atoms with E-state index < -0.39 is 0 Å². The maximum atomic E-state index is 5.77. The second-order valence-electron chi connectivity index (χ2n) is 5.62. The monoisotopic (exact) mass is 294 g/mol. The minimum Gasteiger partial charge on any atom is -0.346 e. The summed E-state index contributed by atoms with van der Waals surface area (Å²) < 4.78 is 2.37. The van der Waals surface area contributed by atoms with Gasteiger partial charge in [0.1, 0.15) is 0 Å². The minimum atomic E-state index is 0.602. The summed E-state index contributed by atoms with van der Waals surface area (Å²) in [4.78, 5) is 1.45. The summed E-state index contributed by atoms with van der Waals surface area (Å²) in [5.41, 5.74) is 9.76. The van der Waals surface area contributed by atoms with Gasteiger partial charge in [-0.2, -0.15) is 0 Å². The number of hydrogen-bond donors (Lipinski definition) is 1. The predicted molar refractivity (Wildman–Crippen MR) is 89.6 cm³/mol. The van der Waals surface area contributed by atoms with E-state index in [4.69, 9.17) is 5.73 Å². The third-order valence-corrected chi connectivity index (χ3v) is 5.49. The summed E-state index contributed by atoms with van der Waals surface area (Å²) in [6.07, 6.45) is 3.37. The molecule has 2 aromatic carbocycles. The van der Waals surface area contributed by atoms with Crippen LogP contribution in [-0.2, 0) is 19.5 Å². The molecule has 0 radical (unpaired) electrons. The molecule has 3 heteroatoms. The number of benzene rings is 2. The molecular formula is C18H18N2S. The molecule has 4 rings (SSSR count). The van der Waals surface area contributed by atoms with Gasteiger partial charge in [0.25, 0.3) is 0 Å². The quantitative estimate of drug-likeness (QED) is 0.796. The van der Waals surface area contributed by atoms with E-state index >= 15 is 0 Å². The van der Waals surface area contributed by atoms with Gasteiger partial charge in [-0.15, -0.1) is 11.8 Å². The molecule has 1 aliphatic heterocycles. The zero-order chi connectivity index (χ0) is 14.2. The van der Waals surface area contributed by atoms with Crippen LogP contribution in [0, 0.1) is 0 Å². The van der Waals surface area contributed by atoms with Gasteiger partial charge in [0, 0.05) is 34.9 Å². The van der Waals surface area contributed by atoms with Crippen molar-refractivity contribution in [2.24, 2.45) is 5.73 Å². The summed E-state index contributed by atoms with van der Waals surface area (Å²) >= 11 is 2.01. The lowest BCUT2D eigenvalue weighted by atomic mass is 10.1. The molecule has 2 nitrogen and oxygen atoms in total. The average molecular weight is 294 g/mol. The molecule has 0 amide bonds. The number of thioether (sulfide) groups is 1. The average Bonchev–Trinajstić information content (AvgIpc) is 3.10. The Balaban J connectivity index is 1.61. The molecule has 21 heavy (non-hydrogen) atoms. The highest BCUT2D eigenvalue weighted by molar-refractivity contribution is 8.00. The van der Waals surface area contributed by atoms with Gasteiger partial charge in [-0.25, -0.2) is 0 Å². The minimum absolute atomic E-state index is 0.602. The van der Waals surface area contributed by atoms with Crippen LogP contribution in [0.15, 0.2) is 59.6 Å². The maximum absolute atomic E-state index is 5.77. The topological polar surface area (TPSA) is 30.9 Å².